The van der Waals surface area contributed by atoms with Crippen molar-refractivity contribution in [3.63, 3.8) is 0 Å². The monoisotopic (exact) mass is 364 g/mol. The van der Waals surface area contributed by atoms with Crippen LogP contribution < -0.4 is 10.6 Å². The van der Waals surface area contributed by atoms with E-state index in [1.807, 2.05) is 23.1 Å². The van der Waals surface area contributed by atoms with Crippen molar-refractivity contribution in [2.24, 2.45) is 4.99 Å². The first kappa shape index (κ1) is 19.6. The number of amides is 1. The van der Waals surface area contributed by atoms with Crippen LogP contribution in [0.4, 0.5) is 0 Å². The number of guanidine groups is 1. The van der Waals surface area contributed by atoms with Gasteiger partial charge in [-0.05, 0) is 43.4 Å². The fraction of sp³-hybridized carbons (Fsp3) is 0.579. The van der Waals surface area contributed by atoms with Crippen molar-refractivity contribution >= 4 is 23.5 Å². The summed E-state index contributed by atoms with van der Waals surface area (Å²) in [6.07, 6.45) is 4.53. The molecular weight excluding hydrogens is 336 g/mol. The Hall–Kier alpha value is -1.75. The minimum Gasteiger partial charge on any atom is -0.356 e. The molecule has 1 saturated heterocycles. The van der Waals surface area contributed by atoms with Gasteiger partial charge in [0, 0.05) is 44.2 Å². The minimum absolute atomic E-state index is 0.302. The average molecular weight is 365 g/mol. The third-order valence-corrected chi connectivity index (χ3v) is 4.85. The van der Waals surface area contributed by atoms with Gasteiger partial charge < -0.3 is 15.5 Å². The van der Waals surface area contributed by atoms with Gasteiger partial charge in [-0.2, -0.15) is 0 Å². The molecule has 1 aromatic rings. The van der Waals surface area contributed by atoms with Crippen molar-refractivity contribution in [3.05, 3.63) is 34.9 Å². The predicted octanol–water partition coefficient (Wildman–Crippen LogP) is 2.84. The van der Waals surface area contributed by atoms with E-state index in [4.69, 9.17) is 11.6 Å². The first-order valence-corrected chi connectivity index (χ1v) is 9.50. The highest BCUT2D eigenvalue weighted by Gasteiger charge is 2.26. The molecule has 1 heterocycles. The van der Waals surface area contributed by atoms with Crippen LogP contribution >= 0.6 is 11.6 Å². The van der Waals surface area contributed by atoms with Gasteiger partial charge in [0.05, 0.1) is 0 Å². The summed E-state index contributed by atoms with van der Waals surface area (Å²) in [7, 11) is 1.77. The van der Waals surface area contributed by atoms with Crippen molar-refractivity contribution in [2.75, 3.05) is 26.7 Å². The molecule has 2 N–H and O–H groups in total. The summed E-state index contributed by atoms with van der Waals surface area (Å²) in [6, 6.07) is 8.23. The minimum atomic E-state index is 0.302. The molecule has 0 aliphatic carbocycles. The lowest BCUT2D eigenvalue weighted by Gasteiger charge is -2.27. The van der Waals surface area contributed by atoms with Crippen LogP contribution in [0.2, 0.25) is 5.02 Å². The zero-order valence-corrected chi connectivity index (χ0v) is 16.0. The summed E-state index contributed by atoms with van der Waals surface area (Å²) in [6.45, 7) is 4.65. The Morgan fingerprint density at radius 3 is 2.80 bits per heavy atom. The number of carbonyl (C=O) groups is 1. The van der Waals surface area contributed by atoms with Crippen LogP contribution in [0, 0.1) is 0 Å². The maximum atomic E-state index is 11.9. The van der Waals surface area contributed by atoms with Crippen LogP contribution in [0.1, 0.15) is 38.2 Å². The number of rotatable bonds is 8. The van der Waals surface area contributed by atoms with Crippen LogP contribution in [-0.4, -0.2) is 49.5 Å². The van der Waals surface area contributed by atoms with Crippen molar-refractivity contribution in [1.29, 1.82) is 0 Å². The van der Waals surface area contributed by atoms with Crippen molar-refractivity contribution < 1.29 is 4.79 Å². The summed E-state index contributed by atoms with van der Waals surface area (Å²) < 4.78 is 0. The van der Waals surface area contributed by atoms with E-state index in [9.17, 15) is 4.79 Å². The molecular formula is C19H29ClN4O. The van der Waals surface area contributed by atoms with Crippen LogP contribution in [0.15, 0.2) is 29.3 Å². The van der Waals surface area contributed by atoms with Crippen LogP contribution in [-0.2, 0) is 11.2 Å². The summed E-state index contributed by atoms with van der Waals surface area (Å²) in [5.41, 5.74) is 1.20. The van der Waals surface area contributed by atoms with Gasteiger partial charge >= 0.3 is 0 Å². The number of halogens is 1. The fourth-order valence-electron chi connectivity index (χ4n) is 3.23. The average Bonchev–Trinajstić information content (AvgIpc) is 3.03. The third kappa shape index (κ3) is 6.24. The van der Waals surface area contributed by atoms with Crippen molar-refractivity contribution in [2.45, 2.75) is 45.1 Å². The molecule has 1 aromatic carbocycles. The van der Waals surface area contributed by atoms with E-state index in [-0.39, 0.29) is 0 Å². The lowest BCUT2D eigenvalue weighted by molar-refractivity contribution is -0.129. The molecule has 0 bridgehead atoms. The van der Waals surface area contributed by atoms with E-state index >= 15 is 0 Å². The standard InChI is InChI=1S/C19H29ClN4O/c1-3-17(24-13-5-8-18(24)25)10-12-23-19(21-2)22-11-9-15-6-4-7-16(20)14-15/h4,6-7,14,17H,3,5,8-13H2,1-2H3,(H2,21,22,23). The molecule has 2 rings (SSSR count). The molecule has 138 valence electrons. The highest BCUT2D eigenvalue weighted by molar-refractivity contribution is 6.30. The number of nitrogens with one attached hydrogen (secondary N) is 2. The molecule has 1 fully saturated rings. The van der Waals surface area contributed by atoms with E-state index in [2.05, 4.69) is 28.6 Å². The first-order chi connectivity index (χ1) is 12.1. The van der Waals surface area contributed by atoms with Gasteiger partial charge in [-0.3, -0.25) is 9.79 Å². The number of hydrogen-bond acceptors (Lipinski definition) is 2. The van der Waals surface area contributed by atoms with Crippen molar-refractivity contribution in [3.8, 4) is 0 Å². The first-order valence-electron chi connectivity index (χ1n) is 9.12. The lowest BCUT2D eigenvalue weighted by Crippen LogP contribution is -2.42. The Morgan fingerprint density at radius 2 is 2.16 bits per heavy atom. The fourth-order valence-corrected chi connectivity index (χ4v) is 3.44. The molecule has 1 amide bonds. The Morgan fingerprint density at radius 1 is 1.36 bits per heavy atom. The molecule has 25 heavy (non-hydrogen) atoms. The molecule has 0 saturated carbocycles. The largest absolute Gasteiger partial charge is 0.356 e. The lowest BCUT2D eigenvalue weighted by atomic mass is 10.1. The van der Waals surface area contributed by atoms with E-state index in [0.717, 1.165) is 56.3 Å². The number of hydrogen-bond donors (Lipinski definition) is 2. The van der Waals surface area contributed by atoms with Crippen molar-refractivity contribution in [1.82, 2.24) is 15.5 Å². The second kappa shape index (κ2) is 10.3. The second-order valence-corrected chi connectivity index (χ2v) is 6.78. The van der Waals surface area contributed by atoms with Gasteiger partial charge in [0.15, 0.2) is 5.96 Å². The van der Waals surface area contributed by atoms with Gasteiger partial charge in [-0.15, -0.1) is 0 Å². The van der Waals surface area contributed by atoms with Gasteiger partial charge in [-0.25, -0.2) is 0 Å². The zero-order chi connectivity index (χ0) is 18.1. The van der Waals surface area contributed by atoms with Crippen LogP contribution in [0.25, 0.3) is 0 Å². The number of nitrogens with zero attached hydrogens (tertiary/aromatic N) is 2. The van der Waals surface area contributed by atoms with E-state index in [1.165, 1.54) is 5.56 Å². The van der Waals surface area contributed by atoms with Gasteiger partial charge in [0.2, 0.25) is 5.91 Å². The molecule has 6 heteroatoms. The van der Waals surface area contributed by atoms with Crippen LogP contribution in [0.3, 0.4) is 0 Å². The zero-order valence-electron chi connectivity index (χ0n) is 15.2. The Labute approximate surface area is 155 Å². The number of benzene rings is 1. The molecule has 0 aromatic heterocycles. The molecule has 1 unspecified atom stereocenters. The summed E-state index contributed by atoms with van der Waals surface area (Å²) in [4.78, 5) is 18.2. The van der Waals surface area contributed by atoms with E-state index in [0.29, 0.717) is 18.4 Å². The molecule has 0 radical (unpaired) electrons. The summed E-state index contributed by atoms with van der Waals surface area (Å²) >= 11 is 6.01. The number of likely N-dealkylation sites (tertiary alicyclic amines) is 1. The van der Waals surface area contributed by atoms with Gasteiger partial charge in [-0.1, -0.05) is 30.7 Å². The third-order valence-electron chi connectivity index (χ3n) is 4.61. The molecule has 1 aliphatic rings. The molecule has 1 aliphatic heterocycles. The summed E-state index contributed by atoms with van der Waals surface area (Å²) in [5, 5.41) is 7.43. The maximum absolute atomic E-state index is 11.9. The SMILES string of the molecule is CCC(CCNC(=NC)NCCc1cccc(Cl)c1)N1CCCC1=O. The van der Waals surface area contributed by atoms with E-state index < -0.39 is 0 Å². The van der Waals surface area contributed by atoms with Gasteiger partial charge in [0.1, 0.15) is 0 Å². The molecule has 0 spiro atoms. The van der Waals surface area contributed by atoms with Crippen LogP contribution in [0.5, 0.6) is 0 Å². The smallest absolute Gasteiger partial charge is 0.222 e. The topological polar surface area (TPSA) is 56.7 Å². The van der Waals surface area contributed by atoms with Gasteiger partial charge in [0.25, 0.3) is 0 Å². The Kier molecular flexibility index (Phi) is 8.06. The quantitative estimate of drug-likeness (QED) is 0.551. The number of aliphatic imine (C=N–C) groups is 1. The highest BCUT2D eigenvalue weighted by Crippen LogP contribution is 2.17. The normalized spacial score (nSPS) is 16.2. The predicted molar refractivity (Wildman–Crippen MR) is 104 cm³/mol. The highest BCUT2D eigenvalue weighted by atomic mass is 35.5. The molecule has 5 nitrogen and oxygen atoms in total. The van der Waals surface area contributed by atoms with E-state index in [1.54, 1.807) is 7.05 Å². The Balaban J connectivity index is 1.70. The molecule has 1 atom stereocenters. The Bertz CT molecular complexity index is 591. The maximum Gasteiger partial charge on any atom is 0.222 e. The number of carbonyl (C=O) groups excluding carboxylic acids is 1. The summed E-state index contributed by atoms with van der Waals surface area (Å²) in [5.74, 6) is 1.10. The second-order valence-electron chi connectivity index (χ2n) is 6.35.